The lowest BCUT2D eigenvalue weighted by molar-refractivity contribution is 0.472. The van der Waals surface area contributed by atoms with Crippen LogP contribution in [-0.4, -0.2) is 10.2 Å². The molecule has 0 radical (unpaired) electrons. The van der Waals surface area contributed by atoms with Gasteiger partial charge in [0.1, 0.15) is 11.5 Å². The molecule has 0 atom stereocenters. The van der Waals surface area contributed by atoms with Crippen molar-refractivity contribution in [3.63, 3.8) is 0 Å². The van der Waals surface area contributed by atoms with Gasteiger partial charge in [0.2, 0.25) is 0 Å². The zero-order valence-electron chi connectivity index (χ0n) is 16.6. The molecule has 0 bridgehead atoms. The molecule has 2 aromatic carbocycles. The molecule has 0 aliphatic rings. The molecule has 26 heavy (non-hydrogen) atoms. The predicted octanol–water partition coefficient (Wildman–Crippen LogP) is 6.71. The lowest BCUT2D eigenvalue weighted by Gasteiger charge is -2.24. The Morgan fingerprint density at radius 1 is 0.846 bits per heavy atom. The summed E-state index contributed by atoms with van der Waals surface area (Å²) >= 11 is 0. The molecule has 2 rings (SSSR count). The maximum absolute atomic E-state index is 10.3. The van der Waals surface area contributed by atoms with Gasteiger partial charge in [0.15, 0.2) is 0 Å². The maximum atomic E-state index is 10.3. The number of benzene rings is 2. The van der Waals surface area contributed by atoms with Crippen LogP contribution in [-0.2, 0) is 0 Å². The lowest BCUT2D eigenvalue weighted by atomic mass is 9.81. The largest absolute Gasteiger partial charge is 0.507 e. The van der Waals surface area contributed by atoms with Crippen LogP contribution in [0, 0.1) is 13.8 Å². The minimum Gasteiger partial charge on any atom is -0.507 e. The molecule has 138 valence electrons. The Balaban J connectivity index is 2.72. The van der Waals surface area contributed by atoms with E-state index < -0.39 is 0 Å². The number of hydrogen-bond acceptors (Lipinski definition) is 2. The van der Waals surface area contributed by atoms with E-state index in [0.717, 1.165) is 46.2 Å². The Hall–Kier alpha value is -2.48. The number of phenolic OH excluding ortho intramolecular Hbond substituents is 2. The lowest BCUT2D eigenvalue weighted by Crippen LogP contribution is -2.07. The van der Waals surface area contributed by atoms with Crippen LogP contribution in [0.25, 0.3) is 11.1 Å². The van der Waals surface area contributed by atoms with Gasteiger partial charge in [-0.15, -0.1) is 0 Å². The standard InChI is InChI=1S/C24H30O2/c1-8-9-18(21-12-19(14(2)3)23(25)10-16(21)6)22-13-20(15(4)5)24(26)11-17(22)7/h10-13,18,25-26H,2,4,8-9H2,1,3,5-7H3. The highest BCUT2D eigenvalue weighted by molar-refractivity contribution is 5.70. The first-order valence-electron chi connectivity index (χ1n) is 9.16. The molecule has 0 aliphatic heterocycles. The van der Waals surface area contributed by atoms with Crippen molar-refractivity contribution in [1.82, 2.24) is 0 Å². The molecule has 2 nitrogen and oxygen atoms in total. The molecule has 2 aromatic rings. The van der Waals surface area contributed by atoms with Crippen LogP contribution in [0.5, 0.6) is 11.5 Å². The number of aromatic hydroxyl groups is 2. The van der Waals surface area contributed by atoms with E-state index in [-0.39, 0.29) is 17.4 Å². The molecule has 2 heteroatoms. The van der Waals surface area contributed by atoms with E-state index in [1.807, 2.05) is 39.8 Å². The zero-order chi connectivity index (χ0) is 19.6. The number of allylic oxidation sites excluding steroid dienone is 2. The average Bonchev–Trinajstić information content (AvgIpc) is 2.53. The highest BCUT2D eigenvalue weighted by atomic mass is 16.3. The second kappa shape index (κ2) is 7.82. The molecule has 0 aromatic heterocycles. The number of phenols is 2. The van der Waals surface area contributed by atoms with E-state index in [2.05, 4.69) is 32.2 Å². The van der Waals surface area contributed by atoms with E-state index in [0.29, 0.717) is 0 Å². The first kappa shape index (κ1) is 19.8. The molecule has 0 fully saturated rings. The Morgan fingerprint density at radius 2 is 1.23 bits per heavy atom. The van der Waals surface area contributed by atoms with Crippen LogP contribution in [0.3, 0.4) is 0 Å². The van der Waals surface area contributed by atoms with Crippen LogP contribution in [0.1, 0.15) is 72.9 Å². The SMILES string of the molecule is C=C(C)c1cc(C(CCC)c2cc(C(=C)C)c(O)cc2C)c(C)cc1O. The first-order chi connectivity index (χ1) is 12.2. The quantitative estimate of drug-likeness (QED) is 0.607. The maximum Gasteiger partial charge on any atom is 0.123 e. The van der Waals surface area contributed by atoms with Gasteiger partial charge in [0.25, 0.3) is 0 Å². The molecule has 2 N–H and O–H groups in total. The third kappa shape index (κ3) is 3.85. The fraction of sp³-hybridized carbons (Fsp3) is 0.333. The fourth-order valence-electron chi connectivity index (χ4n) is 3.62. The van der Waals surface area contributed by atoms with Gasteiger partial charge in [-0.05, 0) is 91.8 Å². The molecule has 0 saturated carbocycles. The molecule has 0 saturated heterocycles. The summed E-state index contributed by atoms with van der Waals surface area (Å²) in [5, 5.41) is 20.5. The van der Waals surface area contributed by atoms with Gasteiger partial charge in [-0.25, -0.2) is 0 Å². The summed E-state index contributed by atoms with van der Waals surface area (Å²) in [6, 6.07) is 7.80. The minimum absolute atomic E-state index is 0.192. The van der Waals surface area contributed by atoms with E-state index >= 15 is 0 Å². The van der Waals surface area contributed by atoms with Crippen LogP contribution < -0.4 is 0 Å². The number of aryl methyl sites for hydroxylation is 2. The van der Waals surface area contributed by atoms with Gasteiger partial charge in [0.05, 0.1) is 0 Å². The van der Waals surface area contributed by atoms with Crippen LogP contribution >= 0.6 is 0 Å². The molecule has 0 amide bonds. The summed E-state index contributed by atoms with van der Waals surface area (Å²) in [5.41, 5.74) is 7.82. The summed E-state index contributed by atoms with van der Waals surface area (Å²) in [7, 11) is 0. The van der Waals surface area contributed by atoms with Gasteiger partial charge >= 0.3 is 0 Å². The number of rotatable bonds is 6. The molecular formula is C24H30O2. The topological polar surface area (TPSA) is 40.5 Å². The predicted molar refractivity (Wildman–Crippen MR) is 112 cm³/mol. The number of hydrogen-bond donors (Lipinski definition) is 2. The van der Waals surface area contributed by atoms with Crippen LogP contribution in [0.15, 0.2) is 37.4 Å². The first-order valence-corrected chi connectivity index (χ1v) is 9.16. The van der Waals surface area contributed by atoms with Crippen LogP contribution in [0.4, 0.5) is 0 Å². The van der Waals surface area contributed by atoms with Gasteiger partial charge in [-0.1, -0.05) is 26.5 Å². The van der Waals surface area contributed by atoms with E-state index in [1.165, 1.54) is 11.1 Å². The Kier molecular flexibility index (Phi) is 5.97. The van der Waals surface area contributed by atoms with Gasteiger partial charge in [-0.3, -0.25) is 0 Å². The van der Waals surface area contributed by atoms with Crippen molar-refractivity contribution in [3.05, 3.63) is 70.8 Å². The zero-order valence-corrected chi connectivity index (χ0v) is 16.6. The molecule has 0 spiro atoms. The highest BCUT2D eigenvalue weighted by Crippen LogP contribution is 2.40. The molecular weight excluding hydrogens is 320 g/mol. The highest BCUT2D eigenvalue weighted by Gasteiger charge is 2.21. The van der Waals surface area contributed by atoms with E-state index in [9.17, 15) is 10.2 Å². The summed E-state index contributed by atoms with van der Waals surface area (Å²) in [6.45, 7) is 18.1. The van der Waals surface area contributed by atoms with Gasteiger partial charge in [-0.2, -0.15) is 0 Å². The summed E-state index contributed by atoms with van der Waals surface area (Å²) < 4.78 is 0. The molecule has 0 heterocycles. The Morgan fingerprint density at radius 3 is 1.54 bits per heavy atom. The van der Waals surface area contributed by atoms with Crippen molar-refractivity contribution in [2.24, 2.45) is 0 Å². The average molecular weight is 351 g/mol. The third-order valence-corrected chi connectivity index (χ3v) is 5.02. The van der Waals surface area contributed by atoms with E-state index in [1.54, 1.807) is 0 Å². The fourth-order valence-corrected chi connectivity index (χ4v) is 3.62. The Bertz CT molecular complexity index is 789. The van der Waals surface area contributed by atoms with Crippen molar-refractivity contribution in [2.45, 2.75) is 53.4 Å². The normalized spacial score (nSPS) is 11.0. The van der Waals surface area contributed by atoms with Crippen molar-refractivity contribution in [3.8, 4) is 11.5 Å². The summed E-state index contributed by atoms with van der Waals surface area (Å²) in [6.07, 6.45) is 2.03. The van der Waals surface area contributed by atoms with Crippen molar-refractivity contribution >= 4 is 11.1 Å². The smallest absolute Gasteiger partial charge is 0.123 e. The minimum atomic E-state index is 0.192. The van der Waals surface area contributed by atoms with Gasteiger partial charge < -0.3 is 10.2 Å². The molecule has 0 unspecified atom stereocenters. The molecule has 0 aliphatic carbocycles. The van der Waals surface area contributed by atoms with E-state index in [4.69, 9.17) is 0 Å². The monoisotopic (exact) mass is 350 g/mol. The summed E-state index contributed by atoms with van der Waals surface area (Å²) in [5.74, 6) is 0.746. The van der Waals surface area contributed by atoms with Crippen molar-refractivity contribution in [1.29, 1.82) is 0 Å². The second-order valence-electron chi connectivity index (χ2n) is 7.35. The third-order valence-electron chi connectivity index (χ3n) is 5.02. The van der Waals surface area contributed by atoms with Crippen molar-refractivity contribution in [2.75, 3.05) is 0 Å². The second-order valence-corrected chi connectivity index (χ2v) is 7.35. The van der Waals surface area contributed by atoms with Crippen molar-refractivity contribution < 1.29 is 10.2 Å². The summed E-state index contributed by atoms with van der Waals surface area (Å²) in [4.78, 5) is 0. The Labute approximate surface area is 157 Å². The van der Waals surface area contributed by atoms with Gasteiger partial charge in [0, 0.05) is 17.0 Å². The van der Waals surface area contributed by atoms with Crippen LogP contribution in [0.2, 0.25) is 0 Å².